The minimum Gasteiger partial charge on any atom is -0.394 e. The predicted octanol–water partition coefficient (Wildman–Crippen LogP) is 1.13. The fraction of sp³-hybridized carbons (Fsp3) is 0.250. The molecule has 11 heavy (non-hydrogen) atoms. The summed E-state index contributed by atoms with van der Waals surface area (Å²) in [5.41, 5.74) is 1.10. The summed E-state index contributed by atoms with van der Waals surface area (Å²) in [5.74, 6) is 0. The number of nitrogens with one attached hydrogen (secondary N) is 1. The van der Waals surface area contributed by atoms with E-state index in [2.05, 4.69) is 21.9 Å². The van der Waals surface area contributed by atoms with Crippen LogP contribution in [0.3, 0.4) is 0 Å². The van der Waals surface area contributed by atoms with Crippen LogP contribution < -0.4 is 5.32 Å². The zero-order valence-corrected chi connectivity index (χ0v) is 6.91. The van der Waals surface area contributed by atoms with Gasteiger partial charge in [0.25, 0.3) is 0 Å². The maximum absolute atomic E-state index is 3.77. The van der Waals surface area contributed by atoms with E-state index in [9.17, 15) is 0 Å². The Morgan fingerprint density at radius 2 is 1.91 bits per heavy atom. The van der Waals surface area contributed by atoms with Crippen molar-refractivity contribution in [3.05, 3.63) is 37.1 Å². The second kappa shape index (κ2) is 6.74. The van der Waals surface area contributed by atoms with E-state index in [0.29, 0.717) is 0 Å². The Labute approximate surface area is 67.2 Å². The zero-order chi connectivity index (χ0) is 8.53. The third-order valence-electron chi connectivity index (χ3n) is 0.894. The van der Waals surface area contributed by atoms with Gasteiger partial charge in [0.05, 0.1) is 0 Å². The lowest BCUT2D eigenvalue weighted by Gasteiger charge is -1.81. The number of hydrogen-bond acceptors (Lipinski definition) is 3. The standard InChI is InChI=1S/C5H6N2.C3H7N/c1-5-2-6-4-7-3-5;1-3-4-2/h2-4H,1H3;3-4H,1H2,2H3. The van der Waals surface area contributed by atoms with Crippen molar-refractivity contribution in [3.63, 3.8) is 0 Å². The van der Waals surface area contributed by atoms with Gasteiger partial charge in [0, 0.05) is 19.4 Å². The molecule has 0 aliphatic carbocycles. The van der Waals surface area contributed by atoms with Crippen LogP contribution in [0, 0.1) is 6.92 Å². The summed E-state index contributed by atoms with van der Waals surface area (Å²) in [6, 6.07) is 0. The molecule has 1 N–H and O–H groups in total. The van der Waals surface area contributed by atoms with E-state index in [1.54, 1.807) is 18.6 Å². The SMILES string of the molecule is C=CNC.Cc1cncnc1. The number of hydrogen-bond donors (Lipinski definition) is 1. The molecule has 0 unspecified atom stereocenters. The minimum absolute atomic E-state index is 1.10. The van der Waals surface area contributed by atoms with E-state index in [1.807, 2.05) is 14.0 Å². The van der Waals surface area contributed by atoms with Crippen molar-refractivity contribution >= 4 is 0 Å². The topological polar surface area (TPSA) is 37.8 Å². The molecule has 0 saturated heterocycles. The number of rotatable bonds is 1. The molecule has 1 aromatic rings. The van der Waals surface area contributed by atoms with Gasteiger partial charge < -0.3 is 5.32 Å². The highest BCUT2D eigenvalue weighted by molar-refractivity contribution is 4.96. The molecule has 0 radical (unpaired) electrons. The second-order valence-electron chi connectivity index (χ2n) is 1.91. The maximum atomic E-state index is 3.77. The molecule has 0 aromatic carbocycles. The highest BCUT2D eigenvalue weighted by Gasteiger charge is 1.74. The van der Waals surface area contributed by atoms with Gasteiger partial charge >= 0.3 is 0 Å². The summed E-state index contributed by atoms with van der Waals surface area (Å²) in [5, 5.41) is 2.69. The summed E-state index contributed by atoms with van der Waals surface area (Å²) in [7, 11) is 1.81. The van der Waals surface area contributed by atoms with E-state index < -0.39 is 0 Å². The van der Waals surface area contributed by atoms with Gasteiger partial charge in [-0.05, 0) is 18.7 Å². The molecular formula is C8H13N3. The average molecular weight is 151 g/mol. The van der Waals surface area contributed by atoms with Crippen molar-refractivity contribution in [1.82, 2.24) is 15.3 Å². The van der Waals surface area contributed by atoms with Crippen LogP contribution in [-0.2, 0) is 0 Å². The van der Waals surface area contributed by atoms with Crippen LogP contribution in [0.4, 0.5) is 0 Å². The van der Waals surface area contributed by atoms with Crippen LogP contribution in [0.25, 0.3) is 0 Å². The fourth-order valence-electron chi connectivity index (χ4n) is 0.374. The number of aryl methyl sites for hydroxylation is 1. The van der Waals surface area contributed by atoms with Crippen molar-refractivity contribution in [2.24, 2.45) is 0 Å². The predicted molar refractivity (Wildman–Crippen MR) is 46.0 cm³/mol. The summed E-state index contributed by atoms with van der Waals surface area (Å²) < 4.78 is 0. The lowest BCUT2D eigenvalue weighted by molar-refractivity contribution is 1.11. The van der Waals surface area contributed by atoms with Crippen LogP contribution in [0.2, 0.25) is 0 Å². The summed E-state index contributed by atoms with van der Waals surface area (Å²) in [4.78, 5) is 7.55. The van der Waals surface area contributed by atoms with Gasteiger partial charge in [-0.15, -0.1) is 0 Å². The van der Waals surface area contributed by atoms with Crippen LogP contribution in [0.15, 0.2) is 31.5 Å². The van der Waals surface area contributed by atoms with Gasteiger partial charge in [-0.2, -0.15) is 0 Å². The Hall–Kier alpha value is -1.38. The van der Waals surface area contributed by atoms with Gasteiger partial charge in [0.15, 0.2) is 0 Å². The molecule has 1 aromatic heterocycles. The van der Waals surface area contributed by atoms with Crippen molar-refractivity contribution < 1.29 is 0 Å². The molecule has 0 aliphatic heterocycles. The molecule has 1 heterocycles. The van der Waals surface area contributed by atoms with Gasteiger partial charge in [-0.1, -0.05) is 6.58 Å². The molecule has 0 amide bonds. The second-order valence-corrected chi connectivity index (χ2v) is 1.91. The van der Waals surface area contributed by atoms with Crippen molar-refractivity contribution in [2.45, 2.75) is 6.92 Å². The van der Waals surface area contributed by atoms with Crippen LogP contribution in [0.1, 0.15) is 5.56 Å². The van der Waals surface area contributed by atoms with Crippen LogP contribution in [0.5, 0.6) is 0 Å². The lowest BCUT2D eigenvalue weighted by atomic mass is 10.4. The summed E-state index contributed by atoms with van der Waals surface area (Å²) in [6.45, 7) is 5.33. The van der Waals surface area contributed by atoms with Gasteiger partial charge in [-0.3, -0.25) is 0 Å². The average Bonchev–Trinajstić information content (AvgIpc) is 2.07. The highest BCUT2D eigenvalue weighted by Crippen LogP contribution is 1.84. The lowest BCUT2D eigenvalue weighted by Crippen LogP contribution is -1.87. The molecule has 0 atom stereocenters. The zero-order valence-electron chi connectivity index (χ0n) is 6.91. The third-order valence-corrected chi connectivity index (χ3v) is 0.894. The minimum atomic E-state index is 1.10. The Balaban J connectivity index is 0.000000218. The molecule has 3 nitrogen and oxygen atoms in total. The molecule has 0 saturated carbocycles. The molecular weight excluding hydrogens is 138 g/mol. The maximum Gasteiger partial charge on any atom is 0.115 e. The highest BCUT2D eigenvalue weighted by atomic mass is 14.8. The van der Waals surface area contributed by atoms with Crippen molar-refractivity contribution in [2.75, 3.05) is 7.05 Å². The van der Waals surface area contributed by atoms with E-state index in [0.717, 1.165) is 5.56 Å². The Morgan fingerprint density at radius 3 is 2.09 bits per heavy atom. The number of aromatic nitrogens is 2. The first-order valence-electron chi connectivity index (χ1n) is 3.31. The van der Waals surface area contributed by atoms with Crippen molar-refractivity contribution in [1.29, 1.82) is 0 Å². The Morgan fingerprint density at radius 1 is 1.45 bits per heavy atom. The molecule has 0 spiro atoms. The molecule has 1 rings (SSSR count). The Bertz CT molecular complexity index is 184. The quantitative estimate of drug-likeness (QED) is 0.654. The molecule has 3 heteroatoms. The van der Waals surface area contributed by atoms with Crippen LogP contribution >= 0.6 is 0 Å². The van der Waals surface area contributed by atoms with Gasteiger partial charge in [0.1, 0.15) is 6.33 Å². The first-order valence-corrected chi connectivity index (χ1v) is 3.31. The van der Waals surface area contributed by atoms with Crippen molar-refractivity contribution in [3.8, 4) is 0 Å². The van der Waals surface area contributed by atoms with Gasteiger partial charge in [-0.25, -0.2) is 9.97 Å². The molecule has 60 valence electrons. The smallest absolute Gasteiger partial charge is 0.115 e. The van der Waals surface area contributed by atoms with Gasteiger partial charge in [0.2, 0.25) is 0 Å². The monoisotopic (exact) mass is 151 g/mol. The first-order chi connectivity index (χ1) is 5.31. The largest absolute Gasteiger partial charge is 0.394 e. The first kappa shape index (κ1) is 9.62. The molecule has 0 fully saturated rings. The van der Waals surface area contributed by atoms with E-state index >= 15 is 0 Å². The summed E-state index contributed by atoms with van der Waals surface area (Å²) >= 11 is 0. The number of nitrogens with zero attached hydrogens (tertiary/aromatic N) is 2. The van der Waals surface area contributed by atoms with E-state index in [-0.39, 0.29) is 0 Å². The van der Waals surface area contributed by atoms with E-state index in [1.165, 1.54) is 6.33 Å². The van der Waals surface area contributed by atoms with Crippen LogP contribution in [-0.4, -0.2) is 17.0 Å². The molecule has 0 bridgehead atoms. The third kappa shape index (κ3) is 6.51. The Kier molecular flexibility index (Phi) is 5.89. The van der Waals surface area contributed by atoms with E-state index in [4.69, 9.17) is 0 Å². The summed E-state index contributed by atoms with van der Waals surface area (Å²) in [6.07, 6.45) is 6.69. The normalized spacial score (nSPS) is 7.45. The fourth-order valence-corrected chi connectivity index (χ4v) is 0.374. The molecule has 0 aliphatic rings.